The summed E-state index contributed by atoms with van der Waals surface area (Å²) in [5.41, 5.74) is 3.56. The number of amides is 2. The summed E-state index contributed by atoms with van der Waals surface area (Å²) in [4.78, 5) is 20.4. The van der Waals surface area contributed by atoms with Gasteiger partial charge >= 0.3 is 6.03 Å². The predicted octanol–water partition coefficient (Wildman–Crippen LogP) is 2.42. The van der Waals surface area contributed by atoms with E-state index < -0.39 is 0 Å². The number of urea groups is 1. The standard InChI is InChI=1S/C18H22N4O/c1-15-2-4-17(5-3-15)21-10-12-22(13-11-21)18(23)20-14-16-6-8-19-9-7-16/h2-9H,10-14H2,1H3,(H,20,23). The van der Waals surface area contributed by atoms with Gasteiger partial charge in [-0.1, -0.05) is 17.7 Å². The topological polar surface area (TPSA) is 48.5 Å². The van der Waals surface area contributed by atoms with E-state index in [2.05, 4.69) is 46.4 Å². The molecule has 0 bridgehead atoms. The third-order valence-corrected chi connectivity index (χ3v) is 4.16. The lowest BCUT2D eigenvalue weighted by Crippen LogP contribution is -2.51. The van der Waals surface area contributed by atoms with Gasteiger partial charge in [-0.15, -0.1) is 0 Å². The highest BCUT2D eigenvalue weighted by atomic mass is 16.2. The van der Waals surface area contributed by atoms with Gasteiger partial charge < -0.3 is 15.1 Å². The van der Waals surface area contributed by atoms with Gasteiger partial charge in [0.1, 0.15) is 0 Å². The second-order valence-corrected chi connectivity index (χ2v) is 5.82. The molecule has 0 saturated carbocycles. The molecule has 1 aromatic carbocycles. The molecule has 120 valence electrons. The lowest BCUT2D eigenvalue weighted by atomic mass is 10.2. The first-order chi connectivity index (χ1) is 11.2. The van der Waals surface area contributed by atoms with Crippen LogP contribution in [0.15, 0.2) is 48.8 Å². The molecule has 1 aromatic heterocycles. The molecular formula is C18H22N4O. The number of rotatable bonds is 3. The van der Waals surface area contributed by atoms with E-state index in [1.807, 2.05) is 17.0 Å². The van der Waals surface area contributed by atoms with Crippen LogP contribution in [-0.4, -0.2) is 42.1 Å². The van der Waals surface area contributed by atoms with E-state index in [1.54, 1.807) is 12.4 Å². The summed E-state index contributed by atoms with van der Waals surface area (Å²) in [6.45, 7) is 5.86. The van der Waals surface area contributed by atoms with E-state index in [0.717, 1.165) is 31.7 Å². The molecular weight excluding hydrogens is 288 g/mol. The Hall–Kier alpha value is -2.56. The third-order valence-electron chi connectivity index (χ3n) is 4.16. The van der Waals surface area contributed by atoms with Gasteiger partial charge in [0.05, 0.1) is 0 Å². The number of carbonyl (C=O) groups excluding carboxylic acids is 1. The molecule has 2 heterocycles. The number of benzene rings is 1. The van der Waals surface area contributed by atoms with Crippen molar-refractivity contribution in [3.63, 3.8) is 0 Å². The summed E-state index contributed by atoms with van der Waals surface area (Å²) >= 11 is 0. The van der Waals surface area contributed by atoms with Crippen LogP contribution in [0, 0.1) is 6.92 Å². The number of pyridine rings is 1. The van der Waals surface area contributed by atoms with E-state index in [-0.39, 0.29) is 6.03 Å². The highest BCUT2D eigenvalue weighted by Gasteiger charge is 2.20. The number of nitrogens with one attached hydrogen (secondary N) is 1. The molecule has 1 fully saturated rings. The normalized spacial score (nSPS) is 14.7. The maximum atomic E-state index is 12.2. The van der Waals surface area contributed by atoms with Crippen molar-refractivity contribution in [1.29, 1.82) is 0 Å². The largest absolute Gasteiger partial charge is 0.368 e. The van der Waals surface area contributed by atoms with Gasteiger partial charge in [0.15, 0.2) is 0 Å². The van der Waals surface area contributed by atoms with Gasteiger partial charge in [-0.05, 0) is 36.8 Å². The Balaban J connectivity index is 1.48. The number of piperazine rings is 1. The summed E-state index contributed by atoms with van der Waals surface area (Å²) in [5, 5.41) is 2.97. The van der Waals surface area contributed by atoms with Crippen molar-refractivity contribution in [1.82, 2.24) is 15.2 Å². The van der Waals surface area contributed by atoms with Crippen LogP contribution >= 0.6 is 0 Å². The van der Waals surface area contributed by atoms with Gasteiger partial charge in [0.25, 0.3) is 0 Å². The van der Waals surface area contributed by atoms with Crippen molar-refractivity contribution in [2.75, 3.05) is 31.1 Å². The Morgan fingerprint density at radius 1 is 1.04 bits per heavy atom. The summed E-state index contributed by atoms with van der Waals surface area (Å²) in [6.07, 6.45) is 3.48. The highest BCUT2D eigenvalue weighted by molar-refractivity contribution is 5.74. The number of aromatic nitrogens is 1. The summed E-state index contributed by atoms with van der Waals surface area (Å²) < 4.78 is 0. The minimum Gasteiger partial charge on any atom is -0.368 e. The Kier molecular flexibility index (Phi) is 4.76. The van der Waals surface area contributed by atoms with Crippen molar-refractivity contribution < 1.29 is 4.79 Å². The van der Waals surface area contributed by atoms with Crippen LogP contribution < -0.4 is 10.2 Å². The van der Waals surface area contributed by atoms with Crippen LogP contribution in [0.4, 0.5) is 10.5 Å². The zero-order valence-corrected chi connectivity index (χ0v) is 13.4. The summed E-state index contributed by atoms with van der Waals surface area (Å²) in [6, 6.07) is 12.4. The Morgan fingerprint density at radius 2 is 1.70 bits per heavy atom. The Labute approximate surface area is 136 Å². The van der Waals surface area contributed by atoms with E-state index in [4.69, 9.17) is 0 Å². The SMILES string of the molecule is Cc1ccc(N2CCN(C(=O)NCc3ccncc3)CC2)cc1. The number of hydrogen-bond donors (Lipinski definition) is 1. The first kappa shape index (κ1) is 15.3. The smallest absolute Gasteiger partial charge is 0.317 e. The molecule has 0 spiro atoms. The molecule has 0 atom stereocenters. The molecule has 0 aliphatic carbocycles. The molecule has 1 aliphatic rings. The predicted molar refractivity (Wildman–Crippen MR) is 91.4 cm³/mol. The lowest BCUT2D eigenvalue weighted by Gasteiger charge is -2.36. The fraction of sp³-hybridized carbons (Fsp3) is 0.333. The monoisotopic (exact) mass is 310 g/mol. The van der Waals surface area contributed by atoms with Crippen LogP contribution in [0.25, 0.3) is 0 Å². The second kappa shape index (κ2) is 7.13. The average molecular weight is 310 g/mol. The average Bonchev–Trinajstić information content (AvgIpc) is 2.61. The fourth-order valence-corrected chi connectivity index (χ4v) is 2.71. The zero-order chi connectivity index (χ0) is 16.1. The van der Waals surface area contributed by atoms with Gasteiger partial charge in [-0.3, -0.25) is 4.98 Å². The fourth-order valence-electron chi connectivity index (χ4n) is 2.71. The molecule has 1 N–H and O–H groups in total. The molecule has 1 saturated heterocycles. The van der Waals surface area contributed by atoms with Gasteiger partial charge in [0.2, 0.25) is 0 Å². The molecule has 5 heteroatoms. The van der Waals surface area contributed by atoms with Crippen LogP contribution in [0.3, 0.4) is 0 Å². The van der Waals surface area contributed by atoms with Gasteiger partial charge in [-0.25, -0.2) is 4.79 Å². The molecule has 0 radical (unpaired) electrons. The molecule has 0 unspecified atom stereocenters. The molecule has 2 aromatic rings. The van der Waals surface area contributed by atoms with Crippen molar-refractivity contribution >= 4 is 11.7 Å². The van der Waals surface area contributed by atoms with E-state index in [9.17, 15) is 4.79 Å². The first-order valence-electron chi connectivity index (χ1n) is 7.96. The quantitative estimate of drug-likeness (QED) is 0.947. The summed E-state index contributed by atoms with van der Waals surface area (Å²) in [5.74, 6) is 0. The van der Waals surface area contributed by atoms with E-state index in [1.165, 1.54) is 11.3 Å². The van der Waals surface area contributed by atoms with E-state index in [0.29, 0.717) is 6.54 Å². The van der Waals surface area contributed by atoms with Crippen LogP contribution in [0.2, 0.25) is 0 Å². The third kappa shape index (κ3) is 4.00. The zero-order valence-electron chi connectivity index (χ0n) is 13.4. The van der Waals surface area contributed by atoms with Crippen molar-refractivity contribution in [2.45, 2.75) is 13.5 Å². The molecule has 23 heavy (non-hydrogen) atoms. The Morgan fingerprint density at radius 3 is 2.35 bits per heavy atom. The maximum Gasteiger partial charge on any atom is 0.317 e. The van der Waals surface area contributed by atoms with Crippen LogP contribution in [0.1, 0.15) is 11.1 Å². The highest BCUT2D eigenvalue weighted by Crippen LogP contribution is 2.17. The maximum absolute atomic E-state index is 12.2. The molecule has 2 amide bonds. The van der Waals surface area contributed by atoms with Crippen molar-refractivity contribution in [3.05, 3.63) is 59.9 Å². The van der Waals surface area contributed by atoms with Crippen molar-refractivity contribution in [2.24, 2.45) is 0 Å². The first-order valence-corrected chi connectivity index (χ1v) is 7.96. The number of carbonyl (C=O) groups is 1. The second-order valence-electron chi connectivity index (χ2n) is 5.82. The number of anilines is 1. The van der Waals surface area contributed by atoms with Crippen LogP contribution in [0.5, 0.6) is 0 Å². The minimum atomic E-state index is 0.00497. The number of nitrogens with zero attached hydrogens (tertiary/aromatic N) is 3. The van der Waals surface area contributed by atoms with Crippen LogP contribution in [-0.2, 0) is 6.54 Å². The molecule has 1 aliphatic heterocycles. The van der Waals surface area contributed by atoms with Gasteiger partial charge in [-0.2, -0.15) is 0 Å². The number of aryl methyl sites for hydroxylation is 1. The molecule has 3 rings (SSSR count). The van der Waals surface area contributed by atoms with Gasteiger partial charge in [0, 0.05) is 50.8 Å². The summed E-state index contributed by atoms with van der Waals surface area (Å²) in [7, 11) is 0. The van der Waals surface area contributed by atoms with E-state index >= 15 is 0 Å². The molecule has 5 nitrogen and oxygen atoms in total. The van der Waals surface area contributed by atoms with Crippen molar-refractivity contribution in [3.8, 4) is 0 Å². The lowest BCUT2D eigenvalue weighted by molar-refractivity contribution is 0.194. The Bertz CT molecular complexity index is 634. The minimum absolute atomic E-state index is 0.00497. The number of hydrogen-bond acceptors (Lipinski definition) is 3.